The Morgan fingerprint density at radius 3 is 2.78 bits per heavy atom. The Kier molecular flexibility index (Phi) is 5.68. The maximum absolute atomic E-state index is 13.8. The van der Waals surface area contributed by atoms with E-state index in [0.717, 1.165) is 35.6 Å². The van der Waals surface area contributed by atoms with Gasteiger partial charge in [0, 0.05) is 37.1 Å². The van der Waals surface area contributed by atoms with E-state index in [1.807, 2.05) is 12.1 Å². The molecule has 2 aromatic carbocycles. The van der Waals surface area contributed by atoms with Gasteiger partial charge in [-0.15, -0.1) is 0 Å². The van der Waals surface area contributed by atoms with Crippen molar-refractivity contribution in [3.05, 3.63) is 78.3 Å². The molecule has 32 heavy (non-hydrogen) atoms. The van der Waals surface area contributed by atoms with E-state index in [0.29, 0.717) is 30.5 Å². The van der Waals surface area contributed by atoms with Crippen molar-refractivity contribution in [2.24, 2.45) is 0 Å². The minimum Gasteiger partial charge on any atom is -0.369 e. The number of morpholine rings is 1. The van der Waals surface area contributed by atoms with E-state index in [1.165, 1.54) is 12.1 Å². The average Bonchev–Trinajstić information content (AvgIpc) is 3.17. The Balaban J connectivity index is 1.42. The van der Waals surface area contributed by atoms with Crippen LogP contribution >= 0.6 is 0 Å². The molecular formula is C25H26FN5O. The molecule has 1 saturated heterocycles. The minimum absolute atomic E-state index is 0.243. The van der Waals surface area contributed by atoms with Crippen molar-refractivity contribution in [1.29, 1.82) is 0 Å². The number of para-hydroxylation sites is 2. The molecule has 164 valence electrons. The van der Waals surface area contributed by atoms with Crippen molar-refractivity contribution >= 4 is 11.0 Å². The maximum atomic E-state index is 13.8. The largest absolute Gasteiger partial charge is 0.369 e. The first-order chi connectivity index (χ1) is 15.6. The Hall–Kier alpha value is -3.16. The van der Waals surface area contributed by atoms with E-state index in [2.05, 4.69) is 51.5 Å². The maximum Gasteiger partial charge on any atom is 0.124 e. The van der Waals surface area contributed by atoms with E-state index in [9.17, 15) is 4.39 Å². The second kappa shape index (κ2) is 8.76. The molecule has 5 rings (SSSR count). The van der Waals surface area contributed by atoms with Crippen molar-refractivity contribution in [3.8, 4) is 11.3 Å². The summed E-state index contributed by atoms with van der Waals surface area (Å²) in [5, 5.41) is 0. The fourth-order valence-corrected chi connectivity index (χ4v) is 4.44. The molecule has 0 amide bonds. The lowest BCUT2D eigenvalue weighted by molar-refractivity contribution is -0.0358. The van der Waals surface area contributed by atoms with Gasteiger partial charge in [0.25, 0.3) is 0 Å². The first-order valence-corrected chi connectivity index (χ1v) is 11.0. The van der Waals surface area contributed by atoms with Gasteiger partial charge in [0.15, 0.2) is 0 Å². The number of halogens is 1. The van der Waals surface area contributed by atoms with Crippen molar-refractivity contribution in [2.45, 2.75) is 32.5 Å². The van der Waals surface area contributed by atoms with Crippen molar-refractivity contribution < 1.29 is 9.13 Å². The summed E-state index contributed by atoms with van der Waals surface area (Å²) < 4.78 is 22.2. The second-order valence-electron chi connectivity index (χ2n) is 8.38. The standard InChI is InChI=1S/C25H26FN5O/c1-17(2)31-21-9-4-3-8-20(21)29-23(31)16-30-12-13-32-22(15-30)25-24(27-10-11-28-25)18-6-5-7-19(26)14-18/h3-11,14,17,22H,12-13,15-16H2,1-2H3/t22-/m0/s1. The number of hydrogen-bond donors (Lipinski definition) is 0. The van der Waals surface area contributed by atoms with Crippen LogP contribution in [0.15, 0.2) is 60.9 Å². The van der Waals surface area contributed by atoms with Crippen LogP contribution in [-0.2, 0) is 11.3 Å². The molecule has 4 aromatic rings. The number of fused-ring (bicyclic) bond motifs is 1. The van der Waals surface area contributed by atoms with Crippen LogP contribution in [-0.4, -0.2) is 44.1 Å². The van der Waals surface area contributed by atoms with E-state index < -0.39 is 0 Å². The summed E-state index contributed by atoms with van der Waals surface area (Å²) in [6.45, 7) is 7.17. The van der Waals surface area contributed by atoms with Crippen LogP contribution < -0.4 is 0 Å². The Labute approximate surface area is 186 Å². The summed E-state index contributed by atoms with van der Waals surface area (Å²) in [4.78, 5) is 16.3. The van der Waals surface area contributed by atoms with Gasteiger partial charge in [-0.1, -0.05) is 24.3 Å². The highest BCUT2D eigenvalue weighted by Crippen LogP contribution is 2.30. The number of imidazole rings is 1. The third kappa shape index (κ3) is 4.01. The average molecular weight is 432 g/mol. The number of aromatic nitrogens is 4. The zero-order chi connectivity index (χ0) is 22.1. The van der Waals surface area contributed by atoms with Gasteiger partial charge in [-0.3, -0.25) is 14.9 Å². The first kappa shape index (κ1) is 20.7. The molecule has 3 heterocycles. The molecule has 2 aromatic heterocycles. The third-order valence-electron chi connectivity index (χ3n) is 5.83. The molecule has 7 heteroatoms. The van der Waals surface area contributed by atoms with Crippen LogP contribution in [0.2, 0.25) is 0 Å². The zero-order valence-corrected chi connectivity index (χ0v) is 18.3. The quantitative estimate of drug-likeness (QED) is 0.455. The highest BCUT2D eigenvalue weighted by atomic mass is 19.1. The Morgan fingerprint density at radius 2 is 1.94 bits per heavy atom. The molecule has 0 saturated carbocycles. The predicted octanol–water partition coefficient (Wildman–Crippen LogP) is 4.79. The molecule has 0 unspecified atom stereocenters. The zero-order valence-electron chi connectivity index (χ0n) is 18.3. The molecular weight excluding hydrogens is 405 g/mol. The van der Waals surface area contributed by atoms with Crippen LogP contribution in [0, 0.1) is 5.82 Å². The van der Waals surface area contributed by atoms with Crippen molar-refractivity contribution in [3.63, 3.8) is 0 Å². The lowest BCUT2D eigenvalue weighted by Crippen LogP contribution is -2.39. The van der Waals surface area contributed by atoms with Gasteiger partial charge in [0.2, 0.25) is 0 Å². The molecule has 0 aliphatic carbocycles. The van der Waals surface area contributed by atoms with Gasteiger partial charge in [0.1, 0.15) is 17.7 Å². The van der Waals surface area contributed by atoms with Crippen LogP contribution in [0.4, 0.5) is 4.39 Å². The molecule has 0 bridgehead atoms. The number of benzene rings is 2. The molecule has 1 aliphatic rings. The lowest BCUT2D eigenvalue weighted by atomic mass is 10.1. The van der Waals surface area contributed by atoms with Gasteiger partial charge >= 0.3 is 0 Å². The van der Waals surface area contributed by atoms with Crippen LogP contribution in [0.5, 0.6) is 0 Å². The summed E-state index contributed by atoms with van der Waals surface area (Å²) in [6, 6.07) is 15.0. The van der Waals surface area contributed by atoms with E-state index in [-0.39, 0.29) is 11.9 Å². The monoisotopic (exact) mass is 431 g/mol. The van der Waals surface area contributed by atoms with E-state index in [4.69, 9.17) is 9.72 Å². The van der Waals surface area contributed by atoms with Gasteiger partial charge in [0.05, 0.1) is 35.6 Å². The predicted molar refractivity (Wildman–Crippen MR) is 122 cm³/mol. The van der Waals surface area contributed by atoms with Crippen molar-refractivity contribution in [1.82, 2.24) is 24.4 Å². The Morgan fingerprint density at radius 1 is 1.09 bits per heavy atom. The Bertz CT molecular complexity index is 1240. The second-order valence-corrected chi connectivity index (χ2v) is 8.38. The van der Waals surface area contributed by atoms with Gasteiger partial charge < -0.3 is 9.30 Å². The number of hydrogen-bond acceptors (Lipinski definition) is 5. The SMILES string of the molecule is CC(C)n1c(CN2CCO[C@H](c3nccnc3-c3cccc(F)c3)C2)nc2ccccc21. The highest BCUT2D eigenvalue weighted by Gasteiger charge is 2.27. The fourth-order valence-electron chi connectivity index (χ4n) is 4.44. The van der Waals surface area contributed by atoms with Crippen LogP contribution in [0.3, 0.4) is 0 Å². The molecule has 0 N–H and O–H groups in total. The first-order valence-electron chi connectivity index (χ1n) is 11.0. The molecule has 0 spiro atoms. The van der Waals surface area contributed by atoms with Crippen LogP contribution in [0.25, 0.3) is 22.3 Å². The molecule has 0 radical (unpaired) electrons. The molecule has 1 fully saturated rings. The number of ether oxygens (including phenoxy) is 1. The topological polar surface area (TPSA) is 56.1 Å². The van der Waals surface area contributed by atoms with E-state index in [1.54, 1.807) is 18.5 Å². The molecule has 1 atom stereocenters. The summed E-state index contributed by atoms with van der Waals surface area (Å²) in [6.07, 6.45) is 3.06. The van der Waals surface area contributed by atoms with Crippen LogP contribution in [0.1, 0.15) is 37.5 Å². The summed E-state index contributed by atoms with van der Waals surface area (Å²) in [5.74, 6) is 0.754. The summed E-state index contributed by atoms with van der Waals surface area (Å²) in [5.41, 5.74) is 4.27. The molecule has 6 nitrogen and oxygen atoms in total. The number of nitrogens with zero attached hydrogens (tertiary/aromatic N) is 5. The highest BCUT2D eigenvalue weighted by molar-refractivity contribution is 5.76. The fraction of sp³-hybridized carbons (Fsp3) is 0.320. The number of rotatable bonds is 5. The van der Waals surface area contributed by atoms with Crippen molar-refractivity contribution in [2.75, 3.05) is 19.7 Å². The summed E-state index contributed by atoms with van der Waals surface area (Å²) >= 11 is 0. The van der Waals surface area contributed by atoms with Gasteiger partial charge in [-0.2, -0.15) is 0 Å². The molecule has 1 aliphatic heterocycles. The lowest BCUT2D eigenvalue weighted by Gasteiger charge is -2.33. The van der Waals surface area contributed by atoms with Gasteiger partial charge in [-0.05, 0) is 38.1 Å². The van der Waals surface area contributed by atoms with Gasteiger partial charge in [-0.25, -0.2) is 9.37 Å². The smallest absolute Gasteiger partial charge is 0.124 e. The summed E-state index contributed by atoms with van der Waals surface area (Å²) in [7, 11) is 0. The normalized spacial score (nSPS) is 17.3. The minimum atomic E-state index is -0.294. The van der Waals surface area contributed by atoms with E-state index >= 15 is 0 Å². The third-order valence-corrected chi connectivity index (χ3v) is 5.83.